The minimum absolute atomic E-state index is 0.0141. The quantitative estimate of drug-likeness (QED) is 0.162. The van der Waals surface area contributed by atoms with Crippen molar-refractivity contribution in [3.8, 4) is 0 Å². The number of allylic oxidation sites excluding steroid dienone is 10. The Hall–Kier alpha value is -3.93. The lowest BCUT2D eigenvalue weighted by Gasteiger charge is -2.24. The van der Waals surface area contributed by atoms with Gasteiger partial charge in [-0.2, -0.15) is 0 Å². The molecule has 2 N–H and O–H groups in total. The molecule has 1 unspecified atom stereocenters. The van der Waals surface area contributed by atoms with Crippen LogP contribution in [0.1, 0.15) is 70.8 Å². The third kappa shape index (κ3) is 12.3. The Morgan fingerprint density at radius 1 is 0.800 bits per heavy atom. The number of benzene rings is 1. The summed E-state index contributed by atoms with van der Waals surface area (Å²) in [5.41, 5.74) is -0.510. The molecule has 40 heavy (non-hydrogen) atoms. The number of nitrogens with one attached hydrogen (secondary N) is 2. The standard InChI is InChI=1S/C34H44N2O4/c1-3-4-5-6-7-8-9-10-11-12-13-14-15-16-17-18-22-25-32(38)35-26-27-36-33(39)30-28-31(37)34(2,40-30)29-23-20-19-21-24-29/h4-5,7-8,10-11,13-14,16-17,19-21,23-24,28H,3,6,9,12,15,18,22,25-27H2,1-2H3,(H,35,38)(H,36,39)/b5-4-,8-7-,11-10-,14-13-,17-16-. The van der Waals surface area contributed by atoms with E-state index in [1.165, 1.54) is 6.08 Å². The number of rotatable bonds is 18. The van der Waals surface area contributed by atoms with Crippen LogP contribution in [0.25, 0.3) is 0 Å². The molecule has 0 radical (unpaired) electrons. The molecule has 1 aliphatic rings. The lowest BCUT2D eigenvalue weighted by molar-refractivity contribution is -0.132. The predicted molar refractivity (Wildman–Crippen MR) is 162 cm³/mol. The van der Waals surface area contributed by atoms with E-state index in [1.807, 2.05) is 18.2 Å². The molecule has 0 aromatic heterocycles. The van der Waals surface area contributed by atoms with Crippen LogP contribution in [0.4, 0.5) is 0 Å². The zero-order valence-corrected chi connectivity index (χ0v) is 23.9. The van der Waals surface area contributed by atoms with Crippen LogP contribution in [-0.4, -0.2) is 30.7 Å². The maximum atomic E-state index is 12.5. The molecule has 1 atom stereocenters. The number of hydrogen-bond donors (Lipinski definition) is 2. The first-order valence-corrected chi connectivity index (χ1v) is 14.3. The molecular formula is C34H44N2O4. The van der Waals surface area contributed by atoms with E-state index in [-0.39, 0.29) is 24.0 Å². The predicted octanol–water partition coefficient (Wildman–Crippen LogP) is 6.54. The van der Waals surface area contributed by atoms with Gasteiger partial charge in [-0.05, 0) is 51.9 Å². The summed E-state index contributed by atoms with van der Waals surface area (Å²) >= 11 is 0. The van der Waals surface area contributed by atoms with Gasteiger partial charge in [-0.25, -0.2) is 0 Å². The van der Waals surface area contributed by atoms with E-state index in [2.05, 4.69) is 78.3 Å². The van der Waals surface area contributed by atoms with Crippen molar-refractivity contribution in [3.05, 3.63) is 108 Å². The van der Waals surface area contributed by atoms with Crippen molar-refractivity contribution in [2.24, 2.45) is 0 Å². The van der Waals surface area contributed by atoms with E-state index >= 15 is 0 Å². The van der Waals surface area contributed by atoms with Gasteiger partial charge in [-0.1, -0.05) is 98.0 Å². The first-order chi connectivity index (χ1) is 19.5. The first-order valence-electron chi connectivity index (χ1n) is 14.3. The molecule has 2 rings (SSSR count). The van der Waals surface area contributed by atoms with Gasteiger partial charge in [-0.3, -0.25) is 14.4 Å². The van der Waals surface area contributed by atoms with Crippen LogP contribution in [0.3, 0.4) is 0 Å². The van der Waals surface area contributed by atoms with Crippen LogP contribution in [0, 0.1) is 0 Å². The van der Waals surface area contributed by atoms with Crippen molar-refractivity contribution < 1.29 is 19.1 Å². The Morgan fingerprint density at radius 3 is 1.95 bits per heavy atom. The van der Waals surface area contributed by atoms with Crippen LogP contribution < -0.4 is 10.6 Å². The second kappa shape index (κ2) is 19.2. The Labute approximate surface area is 239 Å². The number of ether oxygens (including phenoxy) is 1. The molecule has 0 saturated heterocycles. The fourth-order valence-electron chi connectivity index (χ4n) is 3.93. The molecule has 0 aliphatic carbocycles. The fourth-order valence-corrected chi connectivity index (χ4v) is 3.93. The first kappa shape index (κ1) is 32.3. The fraction of sp³-hybridized carbons (Fsp3) is 0.382. The molecule has 6 nitrogen and oxygen atoms in total. The summed E-state index contributed by atoms with van der Waals surface area (Å²) in [5, 5.41) is 5.49. The monoisotopic (exact) mass is 544 g/mol. The Bertz CT molecular complexity index is 1110. The van der Waals surface area contributed by atoms with Gasteiger partial charge in [0.05, 0.1) is 0 Å². The van der Waals surface area contributed by atoms with E-state index in [0.29, 0.717) is 18.5 Å². The molecule has 0 spiro atoms. The molecule has 0 fully saturated rings. The van der Waals surface area contributed by atoms with Crippen molar-refractivity contribution in [2.45, 2.75) is 70.8 Å². The molecule has 1 aromatic rings. The number of hydrogen-bond acceptors (Lipinski definition) is 4. The van der Waals surface area contributed by atoms with Crippen LogP contribution in [0.5, 0.6) is 0 Å². The van der Waals surface area contributed by atoms with Crippen molar-refractivity contribution in [2.75, 3.05) is 13.1 Å². The van der Waals surface area contributed by atoms with Crippen LogP contribution in [-0.2, 0) is 24.7 Å². The van der Waals surface area contributed by atoms with E-state index in [1.54, 1.807) is 19.1 Å². The van der Waals surface area contributed by atoms with Crippen molar-refractivity contribution in [1.29, 1.82) is 0 Å². The Balaban J connectivity index is 1.48. The zero-order valence-electron chi connectivity index (χ0n) is 23.9. The minimum atomic E-state index is -1.20. The van der Waals surface area contributed by atoms with Gasteiger partial charge in [-0.15, -0.1) is 0 Å². The number of carbonyl (C=O) groups excluding carboxylic acids is 3. The molecule has 0 saturated carbocycles. The average molecular weight is 545 g/mol. The van der Waals surface area contributed by atoms with Gasteiger partial charge >= 0.3 is 0 Å². The van der Waals surface area contributed by atoms with Gasteiger partial charge in [0.15, 0.2) is 11.4 Å². The molecule has 1 aliphatic heterocycles. The van der Waals surface area contributed by atoms with E-state index < -0.39 is 11.5 Å². The molecule has 214 valence electrons. The SMILES string of the molecule is CC/C=C\C/C=C\C/C=C\C/C=C\C/C=C\CCCC(=O)NCCNC(=O)C1=CC(=O)C(C)(c2ccccc2)O1. The number of carbonyl (C=O) groups is 3. The molecule has 0 bridgehead atoms. The van der Waals surface area contributed by atoms with E-state index in [0.717, 1.165) is 44.9 Å². The third-order valence-electron chi connectivity index (χ3n) is 6.26. The Kier molecular flexibility index (Phi) is 15.5. The van der Waals surface area contributed by atoms with Gasteiger partial charge in [0.2, 0.25) is 11.7 Å². The second-order valence-electron chi connectivity index (χ2n) is 9.58. The Morgan fingerprint density at radius 2 is 1.35 bits per heavy atom. The molecule has 6 heteroatoms. The highest BCUT2D eigenvalue weighted by Gasteiger charge is 2.43. The van der Waals surface area contributed by atoms with Crippen molar-refractivity contribution in [3.63, 3.8) is 0 Å². The summed E-state index contributed by atoms with van der Waals surface area (Å²) in [6, 6.07) is 9.09. The smallest absolute Gasteiger partial charge is 0.286 e. The summed E-state index contributed by atoms with van der Waals surface area (Å²) in [7, 11) is 0. The highest BCUT2D eigenvalue weighted by molar-refractivity contribution is 6.07. The minimum Gasteiger partial charge on any atom is -0.469 e. The van der Waals surface area contributed by atoms with Crippen molar-refractivity contribution >= 4 is 17.6 Å². The lowest BCUT2D eigenvalue weighted by atomic mass is 9.92. The van der Waals surface area contributed by atoms with Gasteiger partial charge in [0.1, 0.15) is 0 Å². The molecular weight excluding hydrogens is 500 g/mol. The largest absolute Gasteiger partial charge is 0.469 e. The maximum Gasteiger partial charge on any atom is 0.286 e. The van der Waals surface area contributed by atoms with Crippen LogP contribution in [0.2, 0.25) is 0 Å². The summed E-state index contributed by atoms with van der Waals surface area (Å²) in [6.07, 6.45) is 29.8. The summed E-state index contributed by atoms with van der Waals surface area (Å²) in [6.45, 7) is 4.35. The van der Waals surface area contributed by atoms with Gasteiger partial charge in [0.25, 0.3) is 5.91 Å². The zero-order chi connectivity index (χ0) is 28.9. The summed E-state index contributed by atoms with van der Waals surface area (Å²) < 4.78 is 5.73. The van der Waals surface area contributed by atoms with Gasteiger partial charge < -0.3 is 15.4 Å². The third-order valence-corrected chi connectivity index (χ3v) is 6.26. The highest BCUT2D eigenvalue weighted by atomic mass is 16.5. The normalized spacial score (nSPS) is 17.4. The average Bonchev–Trinajstić information content (AvgIpc) is 3.28. The van der Waals surface area contributed by atoms with Gasteiger partial charge in [0, 0.05) is 31.1 Å². The highest BCUT2D eigenvalue weighted by Crippen LogP contribution is 2.34. The van der Waals surface area contributed by atoms with E-state index in [9.17, 15) is 14.4 Å². The van der Waals surface area contributed by atoms with Crippen LogP contribution in [0.15, 0.2) is 103 Å². The number of ketones is 1. The van der Waals surface area contributed by atoms with Crippen molar-refractivity contribution in [1.82, 2.24) is 10.6 Å². The number of amides is 2. The molecule has 2 amide bonds. The van der Waals surface area contributed by atoms with E-state index in [4.69, 9.17) is 4.74 Å². The van der Waals surface area contributed by atoms with Crippen LogP contribution >= 0.6 is 0 Å². The topological polar surface area (TPSA) is 84.5 Å². The molecule has 1 aromatic carbocycles. The summed E-state index contributed by atoms with van der Waals surface area (Å²) in [4.78, 5) is 36.9. The maximum absolute atomic E-state index is 12.5. The summed E-state index contributed by atoms with van der Waals surface area (Å²) in [5.74, 6) is -0.810. The second-order valence-corrected chi connectivity index (χ2v) is 9.58. The molecule has 1 heterocycles. The number of unbranched alkanes of at least 4 members (excludes halogenated alkanes) is 1. The lowest BCUT2D eigenvalue weighted by Crippen LogP contribution is -2.36.